The quantitative estimate of drug-likeness (QED) is 0.374. The summed E-state index contributed by atoms with van der Waals surface area (Å²) in [5, 5.41) is 21.3. The molecule has 4 heterocycles. The molecule has 15 heteroatoms. The van der Waals surface area contributed by atoms with Crippen LogP contribution in [0.3, 0.4) is 0 Å². The van der Waals surface area contributed by atoms with Gasteiger partial charge in [0.1, 0.15) is 17.7 Å². The molecule has 0 radical (unpaired) electrons. The predicted molar refractivity (Wildman–Crippen MR) is 132 cm³/mol. The highest BCUT2D eigenvalue weighted by atomic mass is 32.2. The first-order chi connectivity index (χ1) is 17.7. The van der Waals surface area contributed by atoms with E-state index in [1.54, 1.807) is 10.6 Å². The summed E-state index contributed by atoms with van der Waals surface area (Å²) in [5.74, 6) is 0.663. The van der Waals surface area contributed by atoms with E-state index in [0.29, 0.717) is 58.5 Å². The van der Waals surface area contributed by atoms with Gasteiger partial charge in [0.25, 0.3) is 6.43 Å². The van der Waals surface area contributed by atoms with Crippen LogP contribution in [0.2, 0.25) is 0 Å². The molecule has 6 rings (SSSR count). The van der Waals surface area contributed by atoms with Crippen molar-refractivity contribution in [2.75, 3.05) is 24.5 Å². The van der Waals surface area contributed by atoms with Gasteiger partial charge in [0, 0.05) is 31.1 Å². The van der Waals surface area contributed by atoms with Gasteiger partial charge in [0.2, 0.25) is 15.2 Å². The first kappa shape index (κ1) is 24.0. The molecule has 2 fully saturated rings. The summed E-state index contributed by atoms with van der Waals surface area (Å²) in [6, 6.07) is 6.71. The molecule has 1 saturated heterocycles. The molecule has 1 unspecified atom stereocenters. The zero-order valence-electron chi connectivity index (χ0n) is 19.5. The van der Waals surface area contributed by atoms with Crippen LogP contribution in [-0.4, -0.2) is 64.4 Å². The first-order valence-corrected chi connectivity index (χ1v) is 13.9. The molecular formula is C22H21F2N9O2S2. The van der Waals surface area contributed by atoms with Crippen LogP contribution in [0.15, 0.2) is 29.4 Å². The zero-order chi connectivity index (χ0) is 25.9. The largest absolute Gasteiger partial charge is 0.351 e. The summed E-state index contributed by atoms with van der Waals surface area (Å²) in [4.78, 5) is 11.1. The van der Waals surface area contributed by atoms with E-state index in [1.165, 1.54) is 18.5 Å². The SMILES string of the molecule is CC1CNCCN1c1ncnc2c1c1ccc(S(=O)(=O)NC3(C#N)CC3)cc1n2-c1nnc(C(F)F)s1. The molecule has 192 valence electrons. The Morgan fingerprint density at radius 3 is 2.78 bits per heavy atom. The van der Waals surface area contributed by atoms with E-state index in [-0.39, 0.29) is 16.1 Å². The van der Waals surface area contributed by atoms with Crippen molar-refractivity contribution in [3.05, 3.63) is 29.5 Å². The Kier molecular flexibility index (Phi) is 5.60. The van der Waals surface area contributed by atoms with E-state index in [4.69, 9.17) is 0 Å². The Hall–Kier alpha value is -3.32. The highest BCUT2D eigenvalue weighted by Crippen LogP contribution is 2.40. The van der Waals surface area contributed by atoms with Gasteiger partial charge in [-0.2, -0.15) is 9.98 Å². The number of rotatable bonds is 6. The number of nitrogens with zero attached hydrogens (tertiary/aromatic N) is 7. The van der Waals surface area contributed by atoms with Gasteiger partial charge >= 0.3 is 0 Å². The number of hydrogen-bond donors (Lipinski definition) is 2. The van der Waals surface area contributed by atoms with Crippen molar-refractivity contribution in [2.24, 2.45) is 0 Å². The molecule has 4 aromatic rings. The lowest BCUT2D eigenvalue weighted by Gasteiger charge is -2.35. The molecule has 2 N–H and O–H groups in total. The van der Waals surface area contributed by atoms with Gasteiger partial charge in [-0.05, 0) is 31.9 Å². The molecule has 1 saturated carbocycles. The van der Waals surface area contributed by atoms with Crippen LogP contribution in [0.5, 0.6) is 0 Å². The molecule has 1 aromatic carbocycles. The van der Waals surface area contributed by atoms with Crippen molar-refractivity contribution in [3.63, 3.8) is 0 Å². The lowest BCUT2D eigenvalue weighted by Crippen LogP contribution is -2.50. The summed E-state index contributed by atoms with van der Waals surface area (Å²) in [6.07, 6.45) is -0.519. The number of nitriles is 1. The third-order valence-corrected chi connectivity index (χ3v) is 9.13. The van der Waals surface area contributed by atoms with Crippen molar-refractivity contribution < 1.29 is 17.2 Å². The zero-order valence-corrected chi connectivity index (χ0v) is 21.2. The standard InChI is InChI=1S/C22H21F2N9O2S2/c1-12-9-26-6-7-32(12)18-16-14-3-2-13(37(34,35)31-22(10-25)4-5-22)8-15(14)33(19(16)28-11-27-18)21-30-29-20(36-21)17(23)24/h2-3,8,11-12,17,26,31H,4-7,9H2,1H3. The maximum absolute atomic E-state index is 13.4. The average Bonchev–Trinajstić information content (AvgIpc) is 3.32. The second-order valence-electron chi connectivity index (χ2n) is 9.18. The van der Waals surface area contributed by atoms with E-state index in [2.05, 4.69) is 42.0 Å². The normalized spacial score (nSPS) is 19.5. The summed E-state index contributed by atoms with van der Waals surface area (Å²) < 4.78 is 57.1. The van der Waals surface area contributed by atoms with Crippen molar-refractivity contribution in [1.82, 2.24) is 34.8 Å². The van der Waals surface area contributed by atoms with Crippen LogP contribution in [0.4, 0.5) is 14.6 Å². The number of anilines is 1. The first-order valence-electron chi connectivity index (χ1n) is 11.6. The average molecular weight is 546 g/mol. The minimum atomic E-state index is -4.04. The van der Waals surface area contributed by atoms with Crippen LogP contribution < -0.4 is 14.9 Å². The summed E-state index contributed by atoms with van der Waals surface area (Å²) >= 11 is 0.706. The molecule has 0 spiro atoms. The van der Waals surface area contributed by atoms with E-state index in [1.807, 2.05) is 6.07 Å². The van der Waals surface area contributed by atoms with Crippen LogP contribution >= 0.6 is 11.3 Å². The van der Waals surface area contributed by atoms with Gasteiger partial charge < -0.3 is 10.2 Å². The van der Waals surface area contributed by atoms with Gasteiger partial charge in [-0.15, -0.1) is 10.2 Å². The number of alkyl halides is 2. The van der Waals surface area contributed by atoms with Crippen LogP contribution in [0.1, 0.15) is 31.2 Å². The molecule has 11 nitrogen and oxygen atoms in total. The van der Waals surface area contributed by atoms with Gasteiger partial charge in [-0.25, -0.2) is 27.2 Å². The Morgan fingerprint density at radius 2 is 2.11 bits per heavy atom. The number of nitrogens with one attached hydrogen (secondary N) is 2. The number of benzene rings is 1. The summed E-state index contributed by atoms with van der Waals surface area (Å²) in [6.45, 7) is 4.28. The lowest BCUT2D eigenvalue weighted by atomic mass is 10.1. The minimum Gasteiger partial charge on any atom is -0.351 e. The highest BCUT2D eigenvalue weighted by molar-refractivity contribution is 7.89. The summed E-state index contributed by atoms with van der Waals surface area (Å²) in [7, 11) is -4.04. The van der Waals surface area contributed by atoms with Crippen molar-refractivity contribution in [3.8, 4) is 11.2 Å². The Morgan fingerprint density at radius 1 is 1.30 bits per heavy atom. The van der Waals surface area contributed by atoms with Crippen molar-refractivity contribution >= 4 is 49.1 Å². The Labute approximate surface area is 214 Å². The number of hydrogen-bond acceptors (Lipinski definition) is 10. The second-order valence-corrected chi connectivity index (χ2v) is 11.8. The smallest absolute Gasteiger partial charge is 0.291 e. The van der Waals surface area contributed by atoms with Crippen molar-refractivity contribution in [2.45, 2.75) is 42.7 Å². The molecule has 1 aliphatic heterocycles. The molecule has 0 amide bonds. The number of piperazine rings is 1. The minimum absolute atomic E-state index is 0.0609. The number of aromatic nitrogens is 5. The van der Waals surface area contributed by atoms with Gasteiger partial charge in [0.05, 0.1) is 21.9 Å². The number of halogens is 2. The molecule has 1 atom stereocenters. The fraction of sp³-hybridized carbons (Fsp3) is 0.409. The van der Waals surface area contributed by atoms with E-state index in [9.17, 15) is 22.5 Å². The second kappa shape index (κ2) is 8.62. The van der Waals surface area contributed by atoms with Crippen molar-refractivity contribution in [1.29, 1.82) is 5.26 Å². The number of fused-ring (bicyclic) bond motifs is 3. The molecule has 0 bridgehead atoms. The fourth-order valence-corrected chi connectivity index (χ4v) is 6.73. The van der Waals surface area contributed by atoms with E-state index >= 15 is 0 Å². The molecule has 3 aromatic heterocycles. The third-order valence-electron chi connectivity index (χ3n) is 6.68. The lowest BCUT2D eigenvalue weighted by molar-refractivity contribution is 0.150. The summed E-state index contributed by atoms with van der Waals surface area (Å²) in [5.41, 5.74) is -0.287. The van der Waals surface area contributed by atoms with E-state index in [0.717, 1.165) is 13.1 Å². The van der Waals surface area contributed by atoms with E-state index < -0.39 is 27.0 Å². The highest BCUT2D eigenvalue weighted by Gasteiger charge is 2.47. The monoisotopic (exact) mass is 545 g/mol. The maximum Gasteiger partial charge on any atom is 0.291 e. The van der Waals surface area contributed by atoms with Crippen LogP contribution in [0.25, 0.3) is 27.1 Å². The maximum atomic E-state index is 13.4. The topological polar surface area (TPSA) is 142 Å². The molecule has 1 aliphatic carbocycles. The molecule has 37 heavy (non-hydrogen) atoms. The predicted octanol–water partition coefficient (Wildman–Crippen LogP) is 2.50. The molecular weight excluding hydrogens is 524 g/mol. The fourth-order valence-electron chi connectivity index (χ4n) is 4.62. The third kappa shape index (κ3) is 4.00. The van der Waals surface area contributed by atoms with Crippen LogP contribution in [-0.2, 0) is 10.0 Å². The number of sulfonamides is 1. The van der Waals surface area contributed by atoms with Crippen LogP contribution in [0, 0.1) is 11.3 Å². The molecule has 2 aliphatic rings. The Bertz CT molecular complexity index is 1670. The van der Waals surface area contributed by atoms with Gasteiger partial charge in [-0.1, -0.05) is 17.4 Å². The Balaban J connectivity index is 1.60. The van der Waals surface area contributed by atoms with Gasteiger partial charge in [-0.3, -0.25) is 4.57 Å². The van der Waals surface area contributed by atoms with Gasteiger partial charge in [0.15, 0.2) is 10.7 Å².